The van der Waals surface area contributed by atoms with Crippen molar-refractivity contribution in [2.45, 2.75) is 19.1 Å². The molecule has 1 amide bonds. The van der Waals surface area contributed by atoms with Crippen molar-refractivity contribution in [2.24, 2.45) is 0 Å². The van der Waals surface area contributed by atoms with E-state index in [1.165, 1.54) is 0 Å². The summed E-state index contributed by atoms with van der Waals surface area (Å²) in [7, 11) is -3.98. The number of carbonyl (C=O) groups is 1. The fourth-order valence-corrected chi connectivity index (χ4v) is 2.67. The molecule has 0 aliphatic rings. The molecule has 0 aromatic heterocycles. The molecule has 2 N–H and O–H groups in total. The quantitative estimate of drug-likeness (QED) is 0.692. The van der Waals surface area contributed by atoms with Gasteiger partial charge < -0.3 is 5.32 Å². The predicted molar refractivity (Wildman–Crippen MR) is 52.5 cm³/mol. The maximum atomic E-state index is 10.9. The molecule has 1 unspecified atom stereocenters. The lowest BCUT2D eigenvalue weighted by atomic mass is 10.6. The summed E-state index contributed by atoms with van der Waals surface area (Å²) in [5.41, 5.74) is 0. The smallest absolute Gasteiger partial charge is 0.279 e. The summed E-state index contributed by atoms with van der Waals surface area (Å²) in [5, 5.41) is 1.79. The summed E-state index contributed by atoms with van der Waals surface area (Å²) in [5.74, 6) is -0.408. The van der Waals surface area contributed by atoms with E-state index in [0.717, 1.165) is 11.8 Å². The second-order valence-electron chi connectivity index (χ2n) is 2.49. The lowest BCUT2D eigenvalue weighted by Gasteiger charge is -2.07. The standard InChI is InChI=1S/C6H13NO4S2/c1-3-7-6(8)12-5(2)4-13(9,10)11/h5H,3-4H2,1-2H3,(H,7,8)(H,9,10,11). The van der Waals surface area contributed by atoms with Crippen molar-refractivity contribution in [1.29, 1.82) is 0 Å². The Hall–Kier alpha value is -0.270. The lowest BCUT2D eigenvalue weighted by Crippen LogP contribution is -2.23. The van der Waals surface area contributed by atoms with Crippen LogP contribution in [0.5, 0.6) is 0 Å². The third kappa shape index (κ3) is 8.07. The first-order chi connectivity index (χ1) is 5.85. The average Bonchev–Trinajstić information content (AvgIpc) is 1.81. The van der Waals surface area contributed by atoms with Crippen LogP contribution in [0.1, 0.15) is 13.8 Å². The zero-order valence-corrected chi connectivity index (χ0v) is 9.11. The summed E-state index contributed by atoms with van der Waals surface area (Å²) in [6, 6.07) is 0. The average molecular weight is 227 g/mol. The van der Waals surface area contributed by atoms with E-state index in [1.54, 1.807) is 13.8 Å². The van der Waals surface area contributed by atoms with Gasteiger partial charge in [-0.3, -0.25) is 9.35 Å². The van der Waals surface area contributed by atoms with Gasteiger partial charge in [-0.15, -0.1) is 0 Å². The largest absolute Gasteiger partial charge is 0.347 e. The molecule has 0 saturated heterocycles. The summed E-state index contributed by atoms with van der Waals surface area (Å²) >= 11 is 0.862. The molecule has 0 aromatic rings. The summed E-state index contributed by atoms with van der Waals surface area (Å²) in [6.45, 7) is 3.84. The molecule has 0 aliphatic carbocycles. The molecule has 0 aliphatic heterocycles. The van der Waals surface area contributed by atoms with Gasteiger partial charge in [-0.05, 0) is 6.92 Å². The van der Waals surface area contributed by atoms with Crippen LogP contribution < -0.4 is 5.32 Å². The molecule has 1 atom stereocenters. The summed E-state index contributed by atoms with van der Waals surface area (Å²) in [4.78, 5) is 10.9. The Labute approximate surface area is 82.0 Å². The minimum atomic E-state index is -3.98. The molecule has 5 nitrogen and oxygen atoms in total. The monoisotopic (exact) mass is 227 g/mol. The Morgan fingerprint density at radius 1 is 1.62 bits per heavy atom. The number of rotatable bonds is 4. The van der Waals surface area contributed by atoms with Gasteiger partial charge in [-0.25, -0.2) is 0 Å². The molecule has 0 saturated carbocycles. The fraction of sp³-hybridized carbons (Fsp3) is 0.833. The molecular weight excluding hydrogens is 214 g/mol. The number of amides is 1. The number of thioether (sulfide) groups is 1. The Morgan fingerprint density at radius 2 is 2.15 bits per heavy atom. The Morgan fingerprint density at radius 3 is 2.54 bits per heavy atom. The number of hydrogen-bond acceptors (Lipinski definition) is 4. The number of hydrogen-bond donors (Lipinski definition) is 2. The number of nitrogens with one attached hydrogen (secondary N) is 1. The highest BCUT2D eigenvalue weighted by atomic mass is 32.2. The maximum absolute atomic E-state index is 10.9. The van der Waals surface area contributed by atoms with Crippen molar-refractivity contribution in [2.75, 3.05) is 12.3 Å². The molecule has 0 heterocycles. The Balaban J connectivity index is 3.88. The van der Waals surface area contributed by atoms with Crippen LogP contribution in [-0.4, -0.2) is 35.8 Å². The predicted octanol–water partition coefficient (Wildman–Crippen LogP) is 0.725. The van der Waals surface area contributed by atoms with Gasteiger partial charge in [0.25, 0.3) is 15.4 Å². The Kier molecular flexibility index (Phi) is 5.34. The second kappa shape index (κ2) is 5.46. The molecule has 13 heavy (non-hydrogen) atoms. The van der Waals surface area contributed by atoms with Crippen molar-refractivity contribution >= 4 is 27.1 Å². The van der Waals surface area contributed by atoms with E-state index in [-0.39, 0.29) is 5.24 Å². The molecule has 0 aromatic carbocycles. The first kappa shape index (κ1) is 12.7. The lowest BCUT2D eigenvalue weighted by molar-refractivity contribution is 0.261. The first-order valence-corrected chi connectivity index (χ1v) is 6.23. The molecule has 7 heteroatoms. The third-order valence-electron chi connectivity index (χ3n) is 1.07. The highest BCUT2D eigenvalue weighted by Gasteiger charge is 2.15. The van der Waals surface area contributed by atoms with Gasteiger partial charge in [0, 0.05) is 11.8 Å². The molecular formula is C6H13NO4S2. The zero-order chi connectivity index (χ0) is 10.5. The van der Waals surface area contributed by atoms with Gasteiger partial charge in [0.1, 0.15) is 0 Å². The molecule has 78 valence electrons. The van der Waals surface area contributed by atoms with Crippen molar-refractivity contribution in [3.05, 3.63) is 0 Å². The maximum Gasteiger partial charge on any atom is 0.279 e. The summed E-state index contributed by atoms with van der Waals surface area (Å²) < 4.78 is 29.2. The van der Waals surface area contributed by atoms with Gasteiger partial charge in [0.15, 0.2) is 0 Å². The third-order valence-corrected chi connectivity index (χ3v) is 3.13. The Bertz CT molecular complexity index is 262. The molecule has 0 bridgehead atoms. The van der Waals surface area contributed by atoms with Crippen LogP contribution in [0.3, 0.4) is 0 Å². The van der Waals surface area contributed by atoms with E-state index in [9.17, 15) is 13.2 Å². The van der Waals surface area contributed by atoms with Crippen molar-refractivity contribution < 1.29 is 17.8 Å². The van der Waals surface area contributed by atoms with E-state index in [1.807, 2.05) is 0 Å². The van der Waals surface area contributed by atoms with Crippen molar-refractivity contribution in [3.63, 3.8) is 0 Å². The van der Waals surface area contributed by atoms with E-state index < -0.39 is 21.1 Å². The van der Waals surface area contributed by atoms with E-state index in [2.05, 4.69) is 5.32 Å². The molecule has 0 fully saturated rings. The van der Waals surface area contributed by atoms with Crippen molar-refractivity contribution in [3.8, 4) is 0 Å². The minimum absolute atomic E-state index is 0.279. The van der Waals surface area contributed by atoms with Gasteiger partial charge in [-0.2, -0.15) is 8.42 Å². The normalized spacial score (nSPS) is 13.8. The van der Waals surface area contributed by atoms with Crippen LogP contribution in [0.4, 0.5) is 4.79 Å². The minimum Gasteiger partial charge on any atom is -0.347 e. The van der Waals surface area contributed by atoms with Gasteiger partial charge in [0.2, 0.25) is 0 Å². The van der Waals surface area contributed by atoms with Crippen LogP contribution in [0.2, 0.25) is 0 Å². The van der Waals surface area contributed by atoms with Gasteiger partial charge in [-0.1, -0.05) is 18.7 Å². The van der Waals surface area contributed by atoms with Crippen LogP contribution in [0, 0.1) is 0 Å². The van der Waals surface area contributed by atoms with Gasteiger partial charge in [0.05, 0.1) is 5.75 Å². The second-order valence-corrected chi connectivity index (χ2v) is 5.40. The van der Waals surface area contributed by atoms with E-state index in [4.69, 9.17) is 4.55 Å². The molecule has 0 spiro atoms. The van der Waals surface area contributed by atoms with E-state index >= 15 is 0 Å². The van der Waals surface area contributed by atoms with Crippen LogP contribution in [-0.2, 0) is 10.1 Å². The van der Waals surface area contributed by atoms with Crippen molar-refractivity contribution in [1.82, 2.24) is 5.32 Å². The van der Waals surface area contributed by atoms with Crippen LogP contribution >= 0.6 is 11.8 Å². The van der Waals surface area contributed by atoms with Gasteiger partial charge >= 0.3 is 0 Å². The molecule has 0 radical (unpaired) electrons. The zero-order valence-electron chi connectivity index (χ0n) is 7.48. The van der Waals surface area contributed by atoms with Crippen LogP contribution in [0.15, 0.2) is 0 Å². The first-order valence-electron chi connectivity index (χ1n) is 3.74. The topological polar surface area (TPSA) is 83.5 Å². The number of carbonyl (C=O) groups excluding carboxylic acids is 1. The highest BCUT2D eigenvalue weighted by Crippen LogP contribution is 2.12. The fourth-order valence-electron chi connectivity index (χ4n) is 0.699. The van der Waals surface area contributed by atoms with Crippen LogP contribution in [0.25, 0.3) is 0 Å². The summed E-state index contributed by atoms with van der Waals surface area (Å²) in [6.07, 6.45) is 0. The highest BCUT2D eigenvalue weighted by molar-refractivity contribution is 8.14. The SMILES string of the molecule is CCNC(=O)SC(C)CS(=O)(=O)O. The molecule has 0 rings (SSSR count). The van der Waals surface area contributed by atoms with E-state index in [0.29, 0.717) is 6.54 Å².